The van der Waals surface area contributed by atoms with Crippen LogP contribution in [-0.2, 0) is 4.79 Å². The summed E-state index contributed by atoms with van der Waals surface area (Å²) in [6, 6.07) is 4.87. The summed E-state index contributed by atoms with van der Waals surface area (Å²) >= 11 is 12.2. The molecule has 96 valence electrons. The Bertz CT molecular complexity index is 607. The van der Waals surface area contributed by atoms with Gasteiger partial charge in [0.15, 0.2) is 0 Å². The van der Waals surface area contributed by atoms with Gasteiger partial charge in [-0.2, -0.15) is 0 Å². The van der Waals surface area contributed by atoms with E-state index in [4.69, 9.17) is 28.9 Å². The fourth-order valence-electron chi connectivity index (χ4n) is 1.92. The lowest BCUT2D eigenvalue weighted by atomic mass is 10.2. The second-order valence-corrected chi connectivity index (χ2v) is 5.20. The maximum absolute atomic E-state index is 11.4. The molecule has 0 radical (unpaired) electrons. The second-order valence-electron chi connectivity index (χ2n) is 4.14. The van der Waals surface area contributed by atoms with Gasteiger partial charge in [0, 0.05) is 0 Å². The molecule has 1 heterocycles. The summed E-state index contributed by atoms with van der Waals surface area (Å²) in [7, 11) is 0. The number of fused-ring (bicyclic) bond motifs is 1. The Hall–Kier alpha value is -1.26. The molecule has 2 atom stereocenters. The van der Waals surface area contributed by atoms with E-state index in [2.05, 4.69) is 4.98 Å². The largest absolute Gasteiger partial charge is 0.368 e. The highest BCUT2D eigenvalue weighted by atomic mass is 35.5. The number of carbonyl (C=O) groups excluding carboxylic acids is 1. The Morgan fingerprint density at radius 1 is 1.44 bits per heavy atom. The Morgan fingerprint density at radius 2 is 2.11 bits per heavy atom. The summed E-state index contributed by atoms with van der Waals surface area (Å²) in [6.45, 7) is 3.51. The number of aromatic nitrogens is 2. The first-order valence-electron chi connectivity index (χ1n) is 5.53. The number of rotatable bonds is 3. The molecule has 4 nitrogen and oxygen atoms in total. The van der Waals surface area contributed by atoms with Crippen molar-refractivity contribution in [2.45, 2.75) is 25.3 Å². The van der Waals surface area contributed by atoms with Gasteiger partial charge in [-0.05, 0) is 26.0 Å². The van der Waals surface area contributed by atoms with Crippen molar-refractivity contribution >= 4 is 40.1 Å². The summed E-state index contributed by atoms with van der Waals surface area (Å²) in [5.41, 5.74) is 6.76. The number of imidazole rings is 1. The zero-order valence-corrected chi connectivity index (χ0v) is 11.5. The second kappa shape index (κ2) is 4.78. The standard InChI is InChI=1S/C12H13Cl2N3O/c1-6(13)12-16-10-8(14)4-3-5-9(10)17(12)7(2)11(15)18/h3-7H,1-2H3,(H2,15,18). The smallest absolute Gasteiger partial charge is 0.240 e. The zero-order valence-electron chi connectivity index (χ0n) is 10.0. The minimum absolute atomic E-state index is 0.338. The van der Waals surface area contributed by atoms with E-state index in [0.29, 0.717) is 16.4 Å². The fraction of sp³-hybridized carbons (Fsp3) is 0.333. The molecule has 6 heteroatoms. The van der Waals surface area contributed by atoms with Crippen molar-refractivity contribution in [3.8, 4) is 0 Å². The summed E-state index contributed by atoms with van der Waals surface area (Å²) in [5, 5.41) is 0.191. The van der Waals surface area contributed by atoms with Crippen LogP contribution in [0.1, 0.15) is 31.1 Å². The molecule has 0 saturated carbocycles. The van der Waals surface area contributed by atoms with Crippen LogP contribution in [-0.4, -0.2) is 15.5 Å². The van der Waals surface area contributed by atoms with Gasteiger partial charge < -0.3 is 10.3 Å². The number of alkyl halides is 1. The van der Waals surface area contributed by atoms with E-state index >= 15 is 0 Å². The minimum atomic E-state index is -0.523. The number of para-hydroxylation sites is 1. The van der Waals surface area contributed by atoms with Gasteiger partial charge in [0.1, 0.15) is 17.4 Å². The average molecular weight is 286 g/mol. The molecular weight excluding hydrogens is 273 g/mol. The van der Waals surface area contributed by atoms with Crippen LogP contribution >= 0.6 is 23.2 Å². The van der Waals surface area contributed by atoms with Crippen molar-refractivity contribution in [2.24, 2.45) is 5.73 Å². The first kappa shape index (κ1) is 13.2. The number of hydrogen-bond donors (Lipinski definition) is 1. The van der Waals surface area contributed by atoms with Gasteiger partial charge in [-0.25, -0.2) is 4.98 Å². The number of primary amides is 1. The topological polar surface area (TPSA) is 60.9 Å². The monoisotopic (exact) mass is 285 g/mol. The van der Waals surface area contributed by atoms with Crippen LogP contribution in [0.2, 0.25) is 5.02 Å². The first-order chi connectivity index (χ1) is 8.43. The first-order valence-corrected chi connectivity index (χ1v) is 6.34. The van der Waals surface area contributed by atoms with Crippen LogP contribution in [0.4, 0.5) is 0 Å². The number of carbonyl (C=O) groups is 1. The van der Waals surface area contributed by atoms with Crippen LogP contribution < -0.4 is 5.73 Å². The van der Waals surface area contributed by atoms with Gasteiger partial charge >= 0.3 is 0 Å². The Labute approximate surface area is 115 Å². The molecule has 18 heavy (non-hydrogen) atoms. The highest BCUT2D eigenvalue weighted by Gasteiger charge is 2.22. The normalized spacial score (nSPS) is 14.7. The molecule has 1 aromatic heterocycles. The molecule has 0 saturated heterocycles. The maximum Gasteiger partial charge on any atom is 0.240 e. The fourth-order valence-corrected chi connectivity index (χ4v) is 2.28. The van der Waals surface area contributed by atoms with Crippen molar-refractivity contribution in [1.82, 2.24) is 9.55 Å². The Balaban J connectivity index is 2.79. The molecule has 2 N–H and O–H groups in total. The summed E-state index contributed by atoms with van der Waals surface area (Å²) < 4.78 is 1.74. The van der Waals surface area contributed by atoms with E-state index in [1.54, 1.807) is 30.5 Å². The Morgan fingerprint density at radius 3 is 2.67 bits per heavy atom. The molecule has 0 aliphatic rings. The zero-order chi connectivity index (χ0) is 13.4. The molecule has 2 aromatic rings. The van der Waals surface area contributed by atoms with Gasteiger partial charge in [0.2, 0.25) is 5.91 Å². The van der Waals surface area contributed by atoms with E-state index in [1.807, 2.05) is 6.07 Å². The molecule has 0 spiro atoms. The number of nitrogens with zero attached hydrogens (tertiary/aromatic N) is 2. The van der Waals surface area contributed by atoms with Gasteiger partial charge in [0.05, 0.1) is 15.9 Å². The molecule has 0 aliphatic heterocycles. The van der Waals surface area contributed by atoms with Gasteiger partial charge in [-0.3, -0.25) is 4.79 Å². The van der Waals surface area contributed by atoms with Gasteiger partial charge in [0.25, 0.3) is 0 Å². The summed E-state index contributed by atoms with van der Waals surface area (Å²) in [5.74, 6) is 0.152. The van der Waals surface area contributed by atoms with Crippen LogP contribution in [0.25, 0.3) is 11.0 Å². The quantitative estimate of drug-likeness (QED) is 0.881. The molecule has 1 amide bonds. The van der Waals surface area contributed by atoms with Crippen molar-refractivity contribution in [1.29, 1.82) is 0 Å². The predicted molar refractivity (Wildman–Crippen MR) is 72.9 cm³/mol. The van der Waals surface area contributed by atoms with Crippen molar-refractivity contribution in [2.75, 3.05) is 0 Å². The lowest BCUT2D eigenvalue weighted by molar-refractivity contribution is -0.120. The number of halogens is 2. The summed E-state index contributed by atoms with van der Waals surface area (Å²) in [4.78, 5) is 15.8. The Kier molecular flexibility index (Phi) is 3.50. The van der Waals surface area contributed by atoms with E-state index in [1.165, 1.54) is 0 Å². The molecule has 0 fully saturated rings. The van der Waals surface area contributed by atoms with Crippen LogP contribution in [0, 0.1) is 0 Å². The lowest BCUT2D eigenvalue weighted by Gasteiger charge is -2.15. The maximum atomic E-state index is 11.4. The van der Waals surface area contributed by atoms with Crippen LogP contribution in [0.5, 0.6) is 0 Å². The van der Waals surface area contributed by atoms with E-state index < -0.39 is 11.9 Å². The van der Waals surface area contributed by atoms with Gasteiger partial charge in [-0.1, -0.05) is 17.7 Å². The highest BCUT2D eigenvalue weighted by Crippen LogP contribution is 2.31. The van der Waals surface area contributed by atoms with Crippen LogP contribution in [0.3, 0.4) is 0 Å². The highest BCUT2D eigenvalue weighted by molar-refractivity contribution is 6.35. The van der Waals surface area contributed by atoms with Crippen molar-refractivity contribution in [3.63, 3.8) is 0 Å². The van der Waals surface area contributed by atoms with Crippen LogP contribution in [0.15, 0.2) is 18.2 Å². The predicted octanol–water partition coefficient (Wildman–Crippen LogP) is 3.04. The molecule has 0 aliphatic carbocycles. The number of nitrogens with two attached hydrogens (primary N) is 1. The van der Waals surface area contributed by atoms with E-state index in [-0.39, 0.29) is 5.38 Å². The number of hydrogen-bond acceptors (Lipinski definition) is 2. The van der Waals surface area contributed by atoms with E-state index in [0.717, 1.165) is 5.52 Å². The SMILES string of the molecule is CC(Cl)c1nc2c(Cl)cccc2n1C(C)C(N)=O. The third-order valence-electron chi connectivity index (χ3n) is 2.85. The molecular formula is C12H13Cl2N3O. The third-order valence-corrected chi connectivity index (χ3v) is 3.35. The van der Waals surface area contributed by atoms with Gasteiger partial charge in [-0.15, -0.1) is 11.6 Å². The minimum Gasteiger partial charge on any atom is -0.368 e. The molecule has 2 rings (SSSR count). The molecule has 2 unspecified atom stereocenters. The average Bonchev–Trinajstić information content (AvgIpc) is 2.68. The van der Waals surface area contributed by atoms with Crippen molar-refractivity contribution < 1.29 is 4.79 Å². The van der Waals surface area contributed by atoms with Crippen molar-refractivity contribution in [3.05, 3.63) is 29.0 Å². The lowest BCUT2D eigenvalue weighted by Crippen LogP contribution is -2.25. The molecule has 0 bridgehead atoms. The molecule has 1 aromatic carbocycles. The number of amides is 1. The third kappa shape index (κ3) is 2.06. The number of benzene rings is 1. The summed E-state index contributed by atoms with van der Waals surface area (Å²) in [6.07, 6.45) is 0. The van der Waals surface area contributed by atoms with E-state index in [9.17, 15) is 4.79 Å².